The first-order valence-electron chi connectivity index (χ1n) is 7.23. The van der Waals surface area contributed by atoms with Crippen molar-refractivity contribution < 1.29 is 9.22 Å². The molecule has 0 aliphatic rings. The molecule has 0 spiro atoms. The van der Waals surface area contributed by atoms with Gasteiger partial charge in [-0.1, -0.05) is 47.6 Å². The van der Waals surface area contributed by atoms with Gasteiger partial charge < -0.3 is 4.43 Å². The molecule has 0 aromatic carbocycles. The molecule has 0 unspecified atom stereocenters. The van der Waals surface area contributed by atoms with Crippen molar-refractivity contribution in [2.75, 3.05) is 0 Å². The Kier molecular flexibility index (Phi) is 6.70. The van der Waals surface area contributed by atoms with Crippen molar-refractivity contribution in [3.63, 3.8) is 0 Å². The Morgan fingerprint density at radius 1 is 1.16 bits per heavy atom. The fourth-order valence-electron chi connectivity index (χ4n) is 1.92. The van der Waals surface area contributed by atoms with E-state index in [1.165, 1.54) is 0 Å². The Balaban J connectivity index is 5.10. The molecule has 0 amide bonds. The zero-order valence-corrected chi connectivity index (χ0v) is 15.2. The number of carbonyl (C=O) groups excluding carboxylic acids is 1. The maximum absolute atomic E-state index is 10.8. The molecule has 0 saturated carbocycles. The van der Waals surface area contributed by atoms with Crippen LogP contribution in [0.1, 0.15) is 48.5 Å². The Labute approximate surface area is 120 Å². The highest BCUT2D eigenvalue weighted by molar-refractivity contribution is 6.74. The molecule has 2 nitrogen and oxygen atoms in total. The first-order valence-corrected chi connectivity index (χ1v) is 10.1. The topological polar surface area (TPSA) is 26.3 Å². The van der Waals surface area contributed by atoms with E-state index < -0.39 is 8.32 Å². The van der Waals surface area contributed by atoms with Gasteiger partial charge in [0.05, 0.1) is 6.10 Å². The van der Waals surface area contributed by atoms with Gasteiger partial charge in [-0.05, 0) is 42.5 Å². The normalized spacial score (nSPS) is 17.5. The Bertz CT molecular complexity index is 324. The summed E-state index contributed by atoms with van der Waals surface area (Å²) in [6, 6.07) is 0. The van der Waals surface area contributed by atoms with Crippen LogP contribution in [0.5, 0.6) is 0 Å². The van der Waals surface area contributed by atoms with Crippen LogP contribution in [-0.2, 0) is 9.22 Å². The van der Waals surface area contributed by atoms with Crippen molar-refractivity contribution in [2.24, 2.45) is 11.8 Å². The molecule has 0 aliphatic heterocycles. The van der Waals surface area contributed by atoms with Gasteiger partial charge in [0.1, 0.15) is 6.29 Å². The highest BCUT2D eigenvalue weighted by atomic mass is 28.4. The lowest BCUT2D eigenvalue weighted by atomic mass is 9.93. The summed E-state index contributed by atoms with van der Waals surface area (Å²) in [5.41, 5.74) is 0.789. The number of hydrogen-bond acceptors (Lipinski definition) is 2. The molecule has 0 N–H and O–H groups in total. The summed E-state index contributed by atoms with van der Waals surface area (Å²) in [5, 5.41) is 0.212. The van der Waals surface area contributed by atoms with Gasteiger partial charge in [0.2, 0.25) is 0 Å². The van der Waals surface area contributed by atoms with Gasteiger partial charge in [0.15, 0.2) is 8.32 Å². The lowest BCUT2D eigenvalue weighted by Crippen LogP contribution is -2.46. The SMILES string of the molecule is C/C(C=O)=C\[C@@H](C)[C@@H](O[Si](C)(C)C(C)(C)C)C(C)C. The monoisotopic (exact) mass is 284 g/mol. The maximum atomic E-state index is 10.8. The predicted octanol–water partition coefficient (Wildman–Crippen LogP) is 4.81. The largest absolute Gasteiger partial charge is 0.413 e. The zero-order valence-electron chi connectivity index (χ0n) is 14.2. The lowest BCUT2D eigenvalue weighted by Gasteiger charge is -2.42. The van der Waals surface area contributed by atoms with Crippen LogP contribution in [0, 0.1) is 11.8 Å². The van der Waals surface area contributed by atoms with Crippen LogP contribution >= 0.6 is 0 Å². The minimum absolute atomic E-state index is 0.177. The fourth-order valence-corrected chi connectivity index (χ4v) is 3.44. The minimum Gasteiger partial charge on any atom is -0.413 e. The number of carbonyl (C=O) groups is 1. The van der Waals surface area contributed by atoms with E-state index in [0.29, 0.717) is 5.92 Å². The van der Waals surface area contributed by atoms with Crippen molar-refractivity contribution in [2.45, 2.75) is 72.7 Å². The van der Waals surface area contributed by atoms with Gasteiger partial charge in [0, 0.05) is 0 Å². The molecule has 3 heteroatoms. The average Bonchev–Trinajstić information content (AvgIpc) is 2.23. The van der Waals surface area contributed by atoms with Gasteiger partial charge in [-0.3, -0.25) is 4.79 Å². The molecule has 2 atom stereocenters. The van der Waals surface area contributed by atoms with E-state index in [4.69, 9.17) is 4.43 Å². The standard InChI is InChI=1S/C16H32O2Si/c1-12(2)15(14(4)10-13(3)11-17)18-19(8,9)16(5,6)7/h10-12,14-15H,1-9H3/b13-10+/t14-,15+/m1/s1. The lowest BCUT2D eigenvalue weighted by molar-refractivity contribution is -0.104. The number of aldehydes is 1. The molecule has 0 saturated heterocycles. The molecule has 0 fully saturated rings. The Morgan fingerprint density at radius 2 is 1.63 bits per heavy atom. The maximum Gasteiger partial charge on any atom is 0.192 e. The van der Waals surface area contributed by atoms with E-state index in [1.807, 2.05) is 13.0 Å². The first-order chi connectivity index (χ1) is 8.42. The number of rotatable bonds is 6. The van der Waals surface area contributed by atoms with Crippen molar-refractivity contribution in [3.05, 3.63) is 11.6 Å². The van der Waals surface area contributed by atoms with Crippen LogP contribution in [0.4, 0.5) is 0 Å². The second kappa shape index (κ2) is 6.85. The van der Waals surface area contributed by atoms with Gasteiger partial charge in [-0.15, -0.1) is 0 Å². The quantitative estimate of drug-likeness (QED) is 0.397. The highest BCUT2D eigenvalue weighted by Crippen LogP contribution is 2.39. The Hall–Kier alpha value is -0.413. The molecular weight excluding hydrogens is 252 g/mol. The molecular formula is C16H32O2Si. The van der Waals surface area contributed by atoms with Crippen molar-refractivity contribution in [3.8, 4) is 0 Å². The van der Waals surface area contributed by atoms with Crippen LogP contribution < -0.4 is 0 Å². The van der Waals surface area contributed by atoms with Gasteiger partial charge in [-0.25, -0.2) is 0 Å². The van der Waals surface area contributed by atoms with Gasteiger partial charge >= 0.3 is 0 Å². The van der Waals surface area contributed by atoms with Crippen molar-refractivity contribution in [1.29, 1.82) is 0 Å². The zero-order chi connectivity index (χ0) is 15.4. The second-order valence-electron chi connectivity index (χ2n) is 7.47. The summed E-state index contributed by atoms with van der Waals surface area (Å²) in [4.78, 5) is 10.8. The molecule has 0 rings (SSSR count). The molecule has 19 heavy (non-hydrogen) atoms. The van der Waals surface area contributed by atoms with E-state index in [-0.39, 0.29) is 17.1 Å². The molecule has 112 valence electrons. The third-order valence-corrected chi connectivity index (χ3v) is 8.60. The average molecular weight is 285 g/mol. The van der Waals surface area contributed by atoms with Crippen LogP contribution in [0.25, 0.3) is 0 Å². The third kappa shape index (κ3) is 5.61. The summed E-state index contributed by atoms with van der Waals surface area (Å²) in [5.74, 6) is 0.708. The van der Waals surface area contributed by atoms with Crippen molar-refractivity contribution in [1.82, 2.24) is 0 Å². The molecule has 0 radical (unpaired) electrons. The van der Waals surface area contributed by atoms with E-state index in [1.54, 1.807) is 0 Å². The Morgan fingerprint density at radius 3 is 1.95 bits per heavy atom. The summed E-state index contributed by atoms with van der Waals surface area (Å²) in [6.07, 6.45) is 3.13. The van der Waals surface area contributed by atoms with Crippen LogP contribution in [-0.4, -0.2) is 20.7 Å². The summed E-state index contributed by atoms with van der Waals surface area (Å²) < 4.78 is 6.55. The fraction of sp³-hybridized carbons (Fsp3) is 0.812. The third-order valence-electron chi connectivity index (χ3n) is 4.12. The van der Waals surface area contributed by atoms with E-state index in [0.717, 1.165) is 11.9 Å². The molecule has 0 aromatic heterocycles. The molecule has 0 heterocycles. The summed E-state index contributed by atoms with van der Waals surface area (Å²) in [7, 11) is -1.77. The molecule has 0 aliphatic carbocycles. The van der Waals surface area contributed by atoms with Gasteiger partial charge in [0.25, 0.3) is 0 Å². The smallest absolute Gasteiger partial charge is 0.192 e. The second-order valence-corrected chi connectivity index (χ2v) is 12.2. The van der Waals surface area contributed by atoms with Crippen molar-refractivity contribution >= 4 is 14.6 Å². The highest BCUT2D eigenvalue weighted by Gasteiger charge is 2.40. The summed E-state index contributed by atoms with van der Waals surface area (Å²) >= 11 is 0. The molecule has 0 bridgehead atoms. The predicted molar refractivity (Wildman–Crippen MR) is 85.9 cm³/mol. The minimum atomic E-state index is -1.77. The van der Waals surface area contributed by atoms with E-state index in [2.05, 4.69) is 54.6 Å². The van der Waals surface area contributed by atoms with Crippen LogP contribution in [0.2, 0.25) is 18.1 Å². The molecule has 0 aromatic rings. The number of hydrogen-bond donors (Lipinski definition) is 0. The van der Waals surface area contributed by atoms with Crippen LogP contribution in [0.3, 0.4) is 0 Å². The van der Waals surface area contributed by atoms with Crippen LogP contribution in [0.15, 0.2) is 11.6 Å². The number of allylic oxidation sites excluding steroid dienone is 1. The van der Waals surface area contributed by atoms with E-state index >= 15 is 0 Å². The van der Waals surface area contributed by atoms with E-state index in [9.17, 15) is 4.79 Å². The first kappa shape index (κ1) is 18.6. The van der Waals surface area contributed by atoms with Gasteiger partial charge in [-0.2, -0.15) is 0 Å². The summed E-state index contributed by atoms with van der Waals surface area (Å²) in [6.45, 7) is 19.7.